The number of aryl methyl sites for hydroxylation is 1. The third-order valence-corrected chi connectivity index (χ3v) is 7.72. The Balaban J connectivity index is 1.38. The molecule has 4 heterocycles. The van der Waals surface area contributed by atoms with E-state index in [0.717, 1.165) is 61.0 Å². The Morgan fingerprint density at radius 2 is 1.57 bits per heavy atom. The first kappa shape index (κ1) is 22.7. The molecule has 6 heteroatoms. The van der Waals surface area contributed by atoms with Gasteiger partial charge in [0.05, 0.1) is 16.4 Å². The van der Waals surface area contributed by atoms with Crippen LogP contribution in [0, 0.1) is 0 Å². The number of fused-ring (bicyclic) bond motifs is 7. The number of para-hydroxylation sites is 1. The monoisotopic (exact) mass is 522 g/mol. The maximum atomic E-state index is 16.3. The zero-order valence-corrected chi connectivity index (χ0v) is 21.6. The van der Waals surface area contributed by atoms with E-state index in [9.17, 15) is 0 Å². The van der Waals surface area contributed by atoms with Crippen molar-refractivity contribution in [1.29, 1.82) is 0 Å². The summed E-state index contributed by atoms with van der Waals surface area (Å²) in [5, 5.41) is 4.16. The Bertz CT molecular complexity index is 2210. The molecule has 192 valence electrons. The number of halogens is 1. The number of hydrogen-bond donors (Lipinski definition) is 0. The summed E-state index contributed by atoms with van der Waals surface area (Å²) in [5.74, 6) is 1.57. The fourth-order valence-electron chi connectivity index (χ4n) is 5.88. The number of nitrogens with zero attached hydrogens (tertiary/aromatic N) is 4. The normalized spacial score (nSPS) is 12.7. The van der Waals surface area contributed by atoms with Crippen LogP contribution in [0.15, 0.2) is 120 Å². The molecule has 0 aliphatic heterocycles. The molecule has 8 aromatic rings. The molecular weight excluding hydrogens is 499 g/mol. The second-order valence-corrected chi connectivity index (χ2v) is 10.1. The molecule has 4 aromatic carbocycles. The Morgan fingerprint density at radius 1 is 0.725 bits per heavy atom. The number of furan rings is 1. The quantitative estimate of drug-likeness (QED) is 0.233. The molecule has 0 saturated carbocycles. The standard InChI is InChI=1S/C34H23FN4O/c1-38-18-17-37-34(38)23-8-6-7-21(19-23)32(35)22-12-13-24-25-14-15-29-31(26-9-2-3-10-28(26)40-29)33(25)39(27(24)20-22)30-11-4-5-16-36-30/h2-20,32H,1H3. The third kappa shape index (κ3) is 3.32. The summed E-state index contributed by atoms with van der Waals surface area (Å²) in [6, 6.07) is 31.5. The van der Waals surface area contributed by atoms with Crippen LogP contribution in [0.1, 0.15) is 17.3 Å². The Hall–Kier alpha value is -5.23. The van der Waals surface area contributed by atoms with Crippen LogP contribution in [-0.2, 0) is 7.05 Å². The Labute approximate surface area is 228 Å². The molecule has 1 atom stereocenters. The minimum Gasteiger partial charge on any atom is -0.456 e. The predicted molar refractivity (Wildman–Crippen MR) is 157 cm³/mol. The lowest BCUT2D eigenvalue weighted by Gasteiger charge is -2.12. The van der Waals surface area contributed by atoms with Gasteiger partial charge in [-0.1, -0.05) is 54.6 Å². The largest absolute Gasteiger partial charge is 0.456 e. The molecule has 0 amide bonds. The summed E-state index contributed by atoms with van der Waals surface area (Å²) in [4.78, 5) is 9.14. The van der Waals surface area contributed by atoms with Crippen LogP contribution in [0.5, 0.6) is 0 Å². The maximum absolute atomic E-state index is 16.3. The van der Waals surface area contributed by atoms with Crippen molar-refractivity contribution >= 4 is 43.7 Å². The molecule has 0 radical (unpaired) electrons. The molecule has 0 aliphatic rings. The number of hydrogen-bond acceptors (Lipinski definition) is 3. The van der Waals surface area contributed by atoms with Crippen molar-refractivity contribution in [2.24, 2.45) is 7.05 Å². The number of alkyl halides is 1. The summed E-state index contributed by atoms with van der Waals surface area (Å²) in [6.45, 7) is 0. The number of aromatic nitrogens is 4. The summed E-state index contributed by atoms with van der Waals surface area (Å²) in [5.41, 5.74) is 5.59. The number of rotatable bonds is 4. The molecule has 4 aromatic heterocycles. The summed E-state index contributed by atoms with van der Waals surface area (Å²) >= 11 is 0. The average Bonchev–Trinajstić information content (AvgIpc) is 3.69. The van der Waals surface area contributed by atoms with Crippen LogP contribution >= 0.6 is 0 Å². The smallest absolute Gasteiger partial charge is 0.150 e. The first-order valence-corrected chi connectivity index (χ1v) is 13.2. The van der Waals surface area contributed by atoms with Crippen LogP contribution in [0.2, 0.25) is 0 Å². The minimum absolute atomic E-state index is 0.581. The van der Waals surface area contributed by atoms with E-state index in [1.54, 1.807) is 12.4 Å². The maximum Gasteiger partial charge on any atom is 0.150 e. The van der Waals surface area contributed by atoms with Crippen molar-refractivity contribution in [3.05, 3.63) is 127 Å². The first-order chi connectivity index (χ1) is 19.7. The number of benzene rings is 4. The molecule has 5 nitrogen and oxygen atoms in total. The van der Waals surface area contributed by atoms with E-state index in [2.05, 4.69) is 21.7 Å². The zero-order chi connectivity index (χ0) is 26.8. The van der Waals surface area contributed by atoms with Crippen molar-refractivity contribution in [3.63, 3.8) is 0 Å². The highest BCUT2D eigenvalue weighted by molar-refractivity contribution is 6.24. The van der Waals surface area contributed by atoms with Gasteiger partial charge in [0, 0.05) is 47.4 Å². The van der Waals surface area contributed by atoms with E-state index >= 15 is 4.39 Å². The molecule has 0 saturated heterocycles. The van der Waals surface area contributed by atoms with Crippen molar-refractivity contribution in [2.75, 3.05) is 0 Å². The fourth-order valence-corrected chi connectivity index (χ4v) is 5.88. The topological polar surface area (TPSA) is 48.8 Å². The van der Waals surface area contributed by atoms with E-state index in [-0.39, 0.29) is 0 Å². The van der Waals surface area contributed by atoms with Crippen LogP contribution in [0.4, 0.5) is 4.39 Å². The molecule has 8 rings (SSSR count). The van der Waals surface area contributed by atoms with Crippen LogP contribution in [0.3, 0.4) is 0 Å². The van der Waals surface area contributed by atoms with Gasteiger partial charge in [0.1, 0.15) is 22.8 Å². The van der Waals surface area contributed by atoms with Crippen LogP contribution in [-0.4, -0.2) is 19.1 Å². The number of imidazole rings is 1. The van der Waals surface area contributed by atoms with E-state index in [4.69, 9.17) is 9.40 Å². The average molecular weight is 523 g/mol. The Kier molecular flexibility index (Phi) is 4.91. The molecule has 0 bridgehead atoms. The zero-order valence-electron chi connectivity index (χ0n) is 21.6. The lowest BCUT2D eigenvalue weighted by Crippen LogP contribution is -1.99. The van der Waals surface area contributed by atoms with Crippen LogP contribution in [0.25, 0.3) is 61.0 Å². The lowest BCUT2D eigenvalue weighted by atomic mass is 9.99. The minimum atomic E-state index is -1.31. The second kappa shape index (κ2) is 8.64. The van der Waals surface area contributed by atoms with Crippen molar-refractivity contribution in [2.45, 2.75) is 6.17 Å². The molecule has 0 fully saturated rings. The van der Waals surface area contributed by atoms with Crippen LogP contribution < -0.4 is 0 Å². The van der Waals surface area contributed by atoms with Gasteiger partial charge in [-0.15, -0.1) is 0 Å². The van der Waals surface area contributed by atoms with Gasteiger partial charge < -0.3 is 8.98 Å². The fraction of sp³-hybridized carbons (Fsp3) is 0.0588. The van der Waals surface area contributed by atoms with E-state index in [1.807, 2.05) is 103 Å². The summed E-state index contributed by atoms with van der Waals surface area (Å²) in [7, 11) is 1.94. The van der Waals surface area contributed by atoms with Crippen molar-refractivity contribution in [1.82, 2.24) is 19.1 Å². The van der Waals surface area contributed by atoms with Gasteiger partial charge in [0.15, 0.2) is 6.17 Å². The van der Waals surface area contributed by atoms with Gasteiger partial charge in [-0.05, 0) is 53.6 Å². The second-order valence-electron chi connectivity index (χ2n) is 10.1. The van der Waals surface area contributed by atoms with Gasteiger partial charge >= 0.3 is 0 Å². The molecular formula is C34H23FN4O. The van der Waals surface area contributed by atoms with E-state index in [0.29, 0.717) is 11.1 Å². The summed E-state index contributed by atoms with van der Waals surface area (Å²) in [6.07, 6.45) is 4.11. The number of pyridine rings is 1. The highest BCUT2D eigenvalue weighted by Gasteiger charge is 2.22. The lowest BCUT2D eigenvalue weighted by molar-refractivity contribution is 0.402. The molecule has 40 heavy (non-hydrogen) atoms. The molecule has 0 N–H and O–H groups in total. The van der Waals surface area contributed by atoms with Gasteiger partial charge in [-0.3, -0.25) is 4.57 Å². The van der Waals surface area contributed by atoms with Crippen molar-refractivity contribution < 1.29 is 8.81 Å². The summed E-state index contributed by atoms with van der Waals surface area (Å²) < 4.78 is 26.5. The van der Waals surface area contributed by atoms with Gasteiger partial charge in [0.2, 0.25) is 0 Å². The van der Waals surface area contributed by atoms with E-state index < -0.39 is 6.17 Å². The third-order valence-electron chi connectivity index (χ3n) is 7.72. The first-order valence-electron chi connectivity index (χ1n) is 13.2. The van der Waals surface area contributed by atoms with Gasteiger partial charge in [-0.25, -0.2) is 14.4 Å². The predicted octanol–water partition coefficient (Wildman–Crippen LogP) is 8.54. The van der Waals surface area contributed by atoms with Gasteiger partial charge in [0.25, 0.3) is 0 Å². The van der Waals surface area contributed by atoms with Gasteiger partial charge in [-0.2, -0.15) is 0 Å². The highest BCUT2D eigenvalue weighted by Crippen LogP contribution is 2.41. The van der Waals surface area contributed by atoms with Crippen molar-refractivity contribution in [3.8, 4) is 17.2 Å². The molecule has 1 unspecified atom stereocenters. The SMILES string of the molecule is Cn1ccnc1-c1cccc(C(F)c2ccc3c4ccc5oc6ccccc6c5c4n(-c4ccccn4)c3c2)c1. The van der Waals surface area contributed by atoms with E-state index in [1.165, 1.54) is 0 Å². The Morgan fingerprint density at radius 3 is 2.42 bits per heavy atom. The highest BCUT2D eigenvalue weighted by atomic mass is 19.1. The molecule has 0 spiro atoms. The molecule has 0 aliphatic carbocycles.